The van der Waals surface area contributed by atoms with E-state index in [0.29, 0.717) is 0 Å². The number of hydrogen-bond donors (Lipinski definition) is 0. The standard InChI is InChI=1S/C5H3BrN2O2/c6-4-1-2-5(7-3-4)8(9)10/h1-3H/i1D,2D,3D. The van der Waals surface area contributed by atoms with Gasteiger partial charge in [-0.15, -0.1) is 0 Å². The van der Waals surface area contributed by atoms with Crippen molar-refractivity contribution in [1.82, 2.24) is 4.98 Å². The molecule has 0 bridgehead atoms. The zero-order valence-corrected chi connectivity index (χ0v) is 6.17. The molecule has 0 spiro atoms. The van der Waals surface area contributed by atoms with Crippen LogP contribution in [0.15, 0.2) is 22.7 Å². The summed E-state index contributed by atoms with van der Waals surface area (Å²) in [5.41, 5.74) is 0. The Hall–Kier alpha value is -0.970. The fourth-order valence-corrected chi connectivity index (χ4v) is 0.543. The van der Waals surface area contributed by atoms with Crippen LogP contribution in [-0.4, -0.2) is 9.91 Å². The number of halogens is 1. The van der Waals surface area contributed by atoms with Gasteiger partial charge in [-0.2, -0.15) is 0 Å². The van der Waals surface area contributed by atoms with Crippen molar-refractivity contribution in [1.29, 1.82) is 0 Å². The smallest absolute Gasteiger partial charge is 0.358 e. The molecule has 0 fully saturated rings. The molecule has 5 heteroatoms. The van der Waals surface area contributed by atoms with Gasteiger partial charge in [0, 0.05) is 6.04 Å². The monoisotopic (exact) mass is 205 g/mol. The van der Waals surface area contributed by atoms with Crippen molar-refractivity contribution in [3.63, 3.8) is 0 Å². The summed E-state index contributed by atoms with van der Waals surface area (Å²) in [6, 6.07) is -0.987. The van der Waals surface area contributed by atoms with Gasteiger partial charge in [-0.1, -0.05) is 0 Å². The first-order chi connectivity index (χ1) is 5.95. The average molecular weight is 206 g/mol. The molecule has 1 heterocycles. The molecule has 52 valence electrons. The van der Waals surface area contributed by atoms with Crippen LogP contribution in [0.5, 0.6) is 0 Å². The van der Waals surface area contributed by atoms with Gasteiger partial charge in [-0.3, -0.25) is 0 Å². The predicted octanol–water partition coefficient (Wildman–Crippen LogP) is 1.75. The third-order valence-corrected chi connectivity index (χ3v) is 1.09. The number of nitrogens with zero attached hydrogens (tertiary/aromatic N) is 2. The minimum Gasteiger partial charge on any atom is -0.358 e. The summed E-state index contributed by atoms with van der Waals surface area (Å²) in [4.78, 5) is 12.6. The summed E-state index contributed by atoms with van der Waals surface area (Å²) in [5.74, 6) is -0.766. The van der Waals surface area contributed by atoms with Crippen molar-refractivity contribution < 1.29 is 9.04 Å². The van der Waals surface area contributed by atoms with Gasteiger partial charge in [-0.05, 0) is 31.9 Å². The summed E-state index contributed by atoms with van der Waals surface area (Å²) >= 11 is 2.83. The van der Waals surface area contributed by atoms with Crippen LogP contribution in [0.25, 0.3) is 0 Å². The first kappa shape index (κ1) is 4.02. The van der Waals surface area contributed by atoms with Gasteiger partial charge in [0.05, 0.1) is 7.21 Å². The Labute approximate surface area is 69.4 Å². The van der Waals surface area contributed by atoms with E-state index in [1.54, 1.807) is 0 Å². The fourth-order valence-electron chi connectivity index (χ4n) is 0.355. The first-order valence-electron chi connectivity index (χ1n) is 3.72. The minimum atomic E-state index is -0.884. The summed E-state index contributed by atoms with van der Waals surface area (Å²) in [6.45, 7) is 0. The third kappa shape index (κ3) is 1.51. The normalized spacial score (nSPS) is 13.5. The maximum absolute atomic E-state index is 10.3. The van der Waals surface area contributed by atoms with Crippen molar-refractivity contribution in [2.75, 3.05) is 0 Å². The van der Waals surface area contributed by atoms with Crippen LogP contribution < -0.4 is 0 Å². The predicted molar refractivity (Wildman–Crippen MR) is 38.6 cm³/mol. The van der Waals surface area contributed by atoms with E-state index in [4.69, 9.17) is 4.11 Å². The Morgan fingerprint density at radius 2 is 2.50 bits per heavy atom. The topological polar surface area (TPSA) is 56.0 Å². The highest BCUT2D eigenvalue weighted by atomic mass is 79.9. The lowest BCUT2D eigenvalue weighted by Crippen LogP contribution is -1.89. The number of pyridine rings is 1. The number of nitro groups is 1. The molecule has 0 N–H and O–H groups in total. The van der Waals surface area contributed by atoms with E-state index >= 15 is 0 Å². The number of aromatic nitrogens is 1. The van der Waals surface area contributed by atoms with Gasteiger partial charge in [-0.25, -0.2) is 0 Å². The van der Waals surface area contributed by atoms with Gasteiger partial charge in [0.2, 0.25) is 0 Å². The fraction of sp³-hybridized carbons (Fsp3) is 0. The molecule has 1 aromatic rings. The molecule has 1 aromatic heterocycles. The Kier molecular flexibility index (Phi) is 1.10. The van der Waals surface area contributed by atoms with E-state index in [1.807, 2.05) is 0 Å². The molecular weight excluding hydrogens is 200 g/mol. The van der Waals surface area contributed by atoms with Gasteiger partial charge in [0.15, 0.2) is 6.17 Å². The zero-order chi connectivity index (χ0) is 10.2. The van der Waals surface area contributed by atoms with Crippen molar-refractivity contribution >= 4 is 21.7 Å². The lowest BCUT2D eigenvalue weighted by Gasteiger charge is -1.88. The van der Waals surface area contributed by atoms with Crippen molar-refractivity contribution in [3.8, 4) is 0 Å². The maximum Gasteiger partial charge on any atom is 0.363 e. The van der Waals surface area contributed by atoms with Crippen LogP contribution >= 0.6 is 15.9 Å². The molecule has 0 radical (unpaired) electrons. The van der Waals surface area contributed by atoms with E-state index < -0.39 is 29.0 Å². The second-order valence-electron chi connectivity index (χ2n) is 1.37. The Morgan fingerprint density at radius 1 is 1.80 bits per heavy atom. The Bertz CT molecular complexity index is 385. The highest BCUT2D eigenvalue weighted by molar-refractivity contribution is 9.10. The van der Waals surface area contributed by atoms with Gasteiger partial charge >= 0.3 is 5.82 Å². The zero-order valence-electron chi connectivity index (χ0n) is 7.59. The highest BCUT2D eigenvalue weighted by Gasteiger charge is 2.03. The summed E-state index contributed by atoms with van der Waals surface area (Å²) in [6.07, 6.45) is -0.410. The summed E-state index contributed by atoms with van der Waals surface area (Å²) in [7, 11) is 0. The molecule has 0 atom stereocenters. The second kappa shape index (κ2) is 2.74. The molecule has 1 rings (SSSR count). The highest BCUT2D eigenvalue weighted by Crippen LogP contribution is 2.11. The Morgan fingerprint density at radius 3 is 3.10 bits per heavy atom. The minimum absolute atomic E-state index is 0.0110. The molecule has 4 nitrogen and oxygen atoms in total. The molecule has 0 aliphatic rings. The average Bonchev–Trinajstić information content (AvgIpc) is 2.07. The molecule has 0 aliphatic heterocycles. The summed E-state index contributed by atoms with van der Waals surface area (Å²) < 4.78 is 21.5. The SMILES string of the molecule is [2H]c1nc([N+](=O)[O-])c([2H])c([2H])c1Br. The first-order valence-corrected chi connectivity index (χ1v) is 3.02. The van der Waals surface area contributed by atoms with Gasteiger partial charge < -0.3 is 10.1 Å². The van der Waals surface area contributed by atoms with E-state index in [1.165, 1.54) is 0 Å². The number of rotatable bonds is 1. The van der Waals surface area contributed by atoms with E-state index in [0.717, 1.165) is 0 Å². The van der Waals surface area contributed by atoms with Crippen LogP contribution in [0, 0.1) is 10.1 Å². The lowest BCUT2D eigenvalue weighted by atomic mass is 10.5. The quantitative estimate of drug-likeness (QED) is 0.519. The van der Waals surface area contributed by atoms with Crippen molar-refractivity contribution in [3.05, 3.63) is 32.8 Å². The van der Waals surface area contributed by atoms with Crippen molar-refractivity contribution in [2.45, 2.75) is 0 Å². The van der Waals surface area contributed by atoms with Crippen LogP contribution in [0.2, 0.25) is 0 Å². The van der Waals surface area contributed by atoms with Crippen LogP contribution in [0.4, 0.5) is 5.82 Å². The van der Waals surface area contributed by atoms with Gasteiger partial charge in [0.1, 0.15) is 1.37 Å². The largest absolute Gasteiger partial charge is 0.363 e. The second-order valence-corrected chi connectivity index (χ2v) is 2.16. The molecule has 0 saturated carbocycles. The van der Waals surface area contributed by atoms with Crippen LogP contribution in [-0.2, 0) is 0 Å². The molecule has 0 unspecified atom stereocenters. The van der Waals surface area contributed by atoms with E-state index in [9.17, 15) is 10.1 Å². The number of hydrogen-bond acceptors (Lipinski definition) is 3. The molecule has 0 saturated heterocycles. The van der Waals surface area contributed by atoms with Crippen LogP contribution in [0.3, 0.4) is 0 Å². The van der Waals surface area contributed by atoms with E-state index in [2.05, 4.69) is 20.9 Å². The molecule has 0 amide bonds. The Balaban J connectivity index is 3.50. The molecule has 0 aliphatic carbocycles. The summed E-state index contributed by atoms with van der Waals surface area (Å²) in [5, 5.41) is 10.3. The molecular formula is C5H3BrN2O2. The van der Waals surface area contributed by atoms with Crippen molar-refractivity contribution in [2.24, 2.45) is 0 Å². The van der Waals surface area contributed by atoms with Gasteiger partial charge in [0.25, 0.3) is 0 Å². The lowest BCUT2D eigenvalue weighted by molar-refractivity contribution is -0.389. The maximum atomic E-state index is 10.3. The molecule has 0 aromatic carbocycles. The van der Waals surface area contributed by atoms with E-state index in [-0.39, 0.29) is 4.47 Å². The third-order valence-electron chi connectivity index (χ3n) is 0.717. The molecule has 10 heavy (non-hydrogen) atoms. The van der Waals surface area contributed by atoms with Crippen LogP contribution in [0.1, 0.15) is 4.11 Å².